The predicted octanol–water partition coefficient (Wildman–Crippen LogP) is 1.37. The van der Waals surface area contributed by atoms with Crippen molar-refractivity contribution in [3.05, 3.63) is 30.3 Å². The number of rotatable bonds is 14. The summed E-state index contributed by atoms with van der Waals surface area (Å²) >= 11 is 0. The van der Waals surface area contributed by atoms with Gasteiger partial charge in [-0.05, 0) is 37.8 Å². The van der Waals surface area contributed by atoms with Crippen LogP contribution in [0.2, 0.25) is 0 Å². The Bertz CT molecular complexity index is 1230. The molecule has 0 aromatic heterocycles. The van der Waals surface area contributed by atoms with Gasteiger partial charge in [-0.15, -0.1) is 0 Å². The first-order chi connectivity index (χ1) is 20.3. The summed E-state index contributed by atoms with van der Waals surface area (Å²) in [6.45, 7) is 1.36. The highest BCUT2D eigenvalue weighted by molar-refractivity contribution is 6.06. The van der Waals surface area contributed by atoms with Gasteiger partial charge in [0.2, 0.25) is 0 Å². The number of amides is 2. The lowest BCUT2D eigenvalue weighted by atomic mass is 9.76. The lowest BCUT2D eigenvalue weighted by Crippen LogP contribution is -2.44. The van der Waals surface area contributed by atoms with Crippen molar-refractivity contribution in [3.8, 4) is 18.3 Å². The van der Waals surface area contributed by atoms with E-state index in [-0.39, 0.29) is 63.2 Å². The topological polar surface area (TPSA) is 152 Å². The highest BCUT2D eigenvalue weighted by Gasteiger charge is 2.71. The van der Waals surface area contributed by atoms with Gasteiger partial charge in [0.15, 0.2) is 0 Å². The Balaban J connectivity index is 1.08. The van der Waals surface area contributed by atoms with Crippen LogP contribution in [0.25, 0.3) is 0 Å². The number of carboxylic acids is 2. The minimum Gasteiger partial charge on any atom is -0.491 e. The number of carbonyl (C=O) groups is 4. The summed E-state index contributed by atoms with van der Waals surface area (Å²) in [4.78, 5) is 52.7. The van der Waals surface area contributed by atoms with Gasteiger partial charge in [0.05, 0.1) is 37.8 Å². The second-order valence-electron chi connectivity index (χ2n) is 11.2. The molecule has 12 heteroatoms. The zero-order valence-electron chi connectivity index (χ0n) is 23.3. The number of carbonyl (C=O) groups excluding carboxylic acids is 2. The van der Waals surface area contributed by atoms with Crippen LogP contribution in [0.5, 0.6) is 5.75 Å². The van der Waals surface area contributed by atoms with E-state index in [0.717, 1.165) is 5.75 Å². The maximum Gasteiger partial charge on any atom is 0.309 e. The molecule has 2 aliphatic carbocycles. The largest absolute Gasteiger partial charge is 0.491 e. The molecule has 0 bridgehead atoms. The van der Waals surface area contributed by atoms with Gasteiger partial charge in [-0.3, -0.25) is 19.2 Å². The van der Waals surface area contributed by atoms with E-state index in [2.05, 4.69) is 6.11 Å². The van der Waals surface area contributed by atoms with Gasteiger partial charge in [0.25, 0.3) is 11.8 Å². The van der Waals surface area contributed by atoms with Gasteiger partial charge in [-0.1, -0.05) is 24.6 Å². The normalized spacial score (nSPS) is 31.6. The first-order valence-corrected chi connectivity index (χ1v) is 14.3. The van der Waals surface area contributed by atoms with Gasteiger partial charge in [0, 0.05) is 25.9 Å². The molecule has 5 rings (SSSR count). The average Bonchev–Trinajstić information content (AvgIpc) is 3.74. The Labute approximate surface area is 243 Å². The first-order valence-electron chi connectivity index (χ1n) is 14.3. The zero-order chi connectivity index (χ0) is 29.9. The number of hydrogen-bond acceptors (Lipinski definition) is 8. The maximum atomic E-state index is 13.0. The average molecular weight is 585 g/mol. The molecule has 6 atom stereocenters. The molecule has 12 nitrogen and oxygen atoms in total. The van der Waals surface area contributed by atoms with E-state index in [1.54, 1.807) is 4.90 Å². The smallest absolute Gasteiger partial charge is 0.309 e. The summed E-state index contributed by atoms with van der Waals surface area (Å²) in [5.41, 5.74) is -2.24. The molecule has 2 aliphatic heterocycles. The molecule has 1 aromatic rings. The fourth-order valence-electron chi connectivity index (χ4n) is 6.98. The monoisotopic (exact) mass is 584 g/mol. The van der Waals surface area contributed by atoms with Crippen molar-refractivity contribution in [1.82, 2.24) is 9.80 Å². The Morgan fingerprint density at radius 2 is 1.38 bits per heavy atom. The maximum absolute atomic E-state index is 13.0. The predicted molar refractivity (Wildman–Crippen MR) is 145 cm³/mol. The van der Waals surface area contributed by atoms with Crippen LogP contribution in [-0.4, -0.2) is 107 Å². The Morgan fingerprint density at radius 1 is 0.833 bits per heavy atom. The van der Waals surface area contributed by atoms with E-state index >= 15 is 0 Å². The van der Waals surface area contributed by atoms with Crippen LogP contribution in [0, 0.1) is 24.4 Å². The number of terminal acetylenes is 1. The van der Waals surface area contributed by atoms with Crippen LogP contribution >= 0.6 is 0 Å². The van der Waals surface area contributed by atoms with Crippen LogP contribution in [0.4, 0.5) is 0 Å². The highest BCUT2D eigenvalue weighted by Crippen LogP contribution is 2.52. The van der Waals surface area contributed by atoms with Crippen LogP contribution in [0.3, 0.4) is 0 Å². The van der Waals surface area contributed by atoms with Crippen molar-refractivity contribution in [1.29, 1.82) is 0 Å². The fourth-order valence-corrected chi connectivity index (χ4v) is 6.98. The highest BCUT2D eigenvalue weighted by atomic mass is 16.5. The Kier molecular flexibility index (Phi) is 8.61. The third-order valence-electron chi connectivity index (χ3n) is 9.08. The van der Waals surface area contributed by atoms with Crippen molar-refractivity contribution in [2.24, 2.45) is 11.8 Å². The van der Waals surface area contributed by atoms with Gasteiger partial charge < -0.3 is 39.0 Å². The molecular weight excluding hydrogens is 548 g/mol. The van der Waals surface area contributed by atoms with Crippen molar-refractivity contribution in [2.45, 2.75) is 61.8 Å². The molecule has 226 valence electrons. The van der Waals surface area contributed by atoms with Gasteiger partial charge in [-0.25, -0.2) is 0 Å². The molecule has 4 aliphatic rings. The summed E-state index contributed by atoms with van der Waals surface area (Å²) < 4.78 is 22.6. The molecule has 2 amide bonds. The molecule has 2 spiro atoms. The van der Waals surface area contributed by atoms with Gasteiger partial charge >= 0.3 is 11.9 Å². The van der Waals surface area contributed by atoms with Gasteiger partial charge in [0.1, 0.15) is 35.6 Å². The molecule has 6 unspecified atom stereocenters. The molecule has 4 fully saturated rings. The van der Waals surface area contributed by atoms with Crippen LogP contribution < -0.4 is 4.74 Å². The van der Waals surface area contributed by atoms with Crippen LogP contribution in [0.15, 0.2) is 30.3 Å². The second kappa shape index (κ2) is 12.2. The summed E-state index contributed by atoms with van der Waals surface area (Å²) in [6.07, 6.45) is 8.86. The number of carboxylic acid groups (broad SMARTS) is 2. The lowest BCUT2D eigenvalue weighted by Gasteiger charge is -2.33. The molecular formula is C30H36N2O10. The van der Waals surface area contributed by atoms with Crippen molar-refractivity contribution >= 4 is 23.8 Å². The lowest BCUT2D eigenvalue weighted by molar-refractivity contribution is -0.147. The molecule has 2 saturated carbocycles. The minimum absolute atomic E-state index is 0.144. The Morgan fingerprint density at radius 3 is 1.93 bits per heavy atom. The van der Waals surface area contributed by atoms with E-state index in [1.165, 1.54) is 4.90 Å². The minimum atomic E-state index is -1.13. The molecule has 0 radical (unpaired) electrons. The standard InChI is InChI=1S/C30H36N2O10/c1-2-40-21-8-10-23(25(33)34)29(18-21)27(37)31(29)12-14-39-15-13-32-28(38)30(32)19-22(9-11-24(30)26(35)36)42-17-16-41-20-6-4-3-5-7-20/h1,3-7,21-24H,8-19H2,(H,33,34)(H,35,36). The second-order valence-corrected chi connectivity index (χ2v) is 11.2. The van der Waals surface area contributed by atoms with E-state index in [9.17, 15) is 29.4 Å². The number of nitrogens with zero attached hydrogens (tertiary/aromatic N) is 2. The first kappa shape index (κ1) is 29.7. The molecule has 2 N–H and O–H groups in total. The van der Waals surface area contributed by atoms with Crippen LogP contribution in [-0.2, 0) is 33.4 Å². The zero-order valence-corrected chi connectivity index (χ0v) is 23.3. The third kappa shape index (κ3) is 5.51. The fraction of sp³-hybridized carbons (Fsp3) is 0.600. The SMILES string of the molecule is C#COC1CCC(C(=O)O)C2(C1)C(=O)N2CCOCCN1C(=O)C12CC(OCCOc1ccccc1)CCC2C(=O)O. The van der Waals surface area contributed by atoms with E-state index < -0.39 is 34.9 Å². The summed E-state index contributed by atoms with van der Waals surface area (Å²) in [7, 11) is 0. The van der Waals surface area contributed by atoms with Crippen molar-refractivity contribution in [3.63, 3.8) is 0 Å². The Hall–Kier alpha value is -3.82. The van der Waals surface area contributed by atoms with Crippen LogP contribution in [0.1, 0.15) is 38.5 Å². The molecule has 2 heterocycles. The van der Waals surface area contributed by atoms with Crippen molar-refractivity contribution < 1.29 is 48.3 Å². The number of benzene rings is 1. The molecule has 2 saturated heterocycles. The third-order valence-corrected chi connectivity index (χ3v) is 9.08. The van der Waals surface area contributed by atoms with E-state index in [4.69, 9.17) is 25.4 Å². The number of hydrogen-bond donors (Lipinski definition) is 2. The summed E-state index contributed by atoms with van der Waals surface area (Å²) in [5, 5.41) is 19.5. The van der Waals surface area contributed by atoms with E-state index in [1.807, 2.05) is 30.3 Å². The van der Waals surface area contributed by atoms with E-state index in [0.29, 0.717) is 38.9 Å². The number of aliphatic carboxylic acids is 2. The summed E-state index contributed by atoms with van der Waals surface area (Å²) in [5.74, 6) is -3.43. The molecule has 1 aromatic carbocycles. The quantitative estimate of drug-likeness (QED) is 0.186. The number of ether oxygens (including phenoxy) is 4. The summed E-state index contributed by atoms with van der Waals surface area (Å²) in [6, 6.07) is 9.35. The number of para-hydroxylation sites is 1. The van der Waals surface area contributed by atoms with Crippen molar-refractivity contribution in [2.75, 3.05) is 39.5 Å². The van der Waals surface area contributed by atoms with Gasteiger partial charge in [-0.2, -0.15) is 0 Å². The molecule has 42 heavy (non-hydrogen) atoms.